The molecule has 7 heteroatoms. The van der Waals surface area contributed by atoms with E-state index in [0.29, 0.717) is 35.3 Å². The highest BCUT2D eigenvalue weighted by Gasteiger charge is 2.22. The number of methoxy groups -OCH3 is 2. The maximum Gasteiger partial charge on any atom is 0.343 e. The van der Waals surface area contributed by atoms with Gasteiger partial charge in [0.1, 0.15) is 4.99 Å². The molecule has 1 saturated heterocycles. The molecule has 0 N–H and O–H groups in total. The summed E-state index contributed by atoms with van der Waals surface area (Å²) < 4.78 is 21.8. The first-order valence-corrected chi connectivity index (χ1v) is 8.95. The molecule has 0 atom stereocenters. The first kappa shape index (κ1) is 19.1. The Morgan fingerprint density at radius 2 is 1.59 bits per heavy atom. The van der Waals surface area contributed by atoms with Crippen molar-refractivity contribution >= 4 is 23.2 Å². The van der Waals surface area contributed by atoms with Crippen molar-refractivity contribution in [3.05, 3.63) is 53.6 Å². The van der Waals surface area contributed by atoms with E-state index in [9.17, 15) is 4.79 Å². The van der Waals surface area contributed by atoms with Gasteiger partial charge < -0.3 is 23.8 Å². The Hall–Kier alpha value is -2.64. The lowest BCUT2D eigenvalue weighted by Gasteiger charge is -2.29. The molecule has 0 aromatic heterocycles. The number of ether oxygens (including phenoxy) is 4. The quantitative estimate of drug-likeness (QED) is 0.444. The lowest BCUT2D eigenvalue weighted by molar-refractivity contribution is 0.0692. The van der Waals surface area contributed by atoms with Crippen LogP contribution in [0.2, 0.25) is 0 Å². The van der Waals surface area contributed by atoms with Gasteiger partial charge in [-0.25, -0.2) is 4.79 Å². The second-order valence-corrected chi connectivity index (χ2v) is 6.26. The molecule has 0 aliphatic carbocycles. The van der Waals surface area contributed by atoms with E-state index in [-0.39, 0.29) is 5.75 Å². The van der Waals surface area contributed by atoms with Crippen LogP contribution in [0, 0.1) is 0 Å². The molecule has 27 heavy (non-hydrogen) atoms. The van der Waals surface area contributed by atoms with Gasteiger partial charge in [-0.05, 0) is 24.3 Å². The lowest BCUT2D eigenvalue weighted by atomic mass is 10.1. The fraction of sp³-hybridized carbons (Fsp3) is 0.300. The highest BCUT2D eigenvalue weighted by molar-refractivity contribution is 7.80. The molecule has 1 heterocycles. The minimum atomic E-state index is -0.490. The predicted octanol–water partition coefficient (Wildman–Crippen LogP) is 2.93. The van der Waals surface area contributed by atoms with Gasteiger partial charge in [0, 0.05) is 18.7 Å². The monoisotopic (exact) mass is 387 g/mol. The highest BCUT2D eigenvalue weighted by Crippen LogP contribution is 2.39. The van der Waals surface area contributed by atoms with E-state index < -0.39 is 5.97 Å². The van der Waals surface area contributed by atoms with Crippen LogP contribution < -0.4 is 14.2 Å². The fourth-order valence-electron chi connectivity index (χ4n) is 2.78. The van der Waals surface area contributed by atoms with Crippen LogP contribution in [0.15, 0.2) is 42.5 Å². The number of thiocarbonyl (C=S) groups is 1. The third-order valence-corrected chi connectivity index (χ3v) is 4.70. The summed E-state index contributed by atoms with van der Waals surface area (Å²) in [6.07, 6.45) is 0. The molecular weight excluding hydrogens is 366 g/mol. The number of rotatable bonds is 5. The summed E-state index contributed by atoms with van der Waals surface area (Å²) in [7, 11) is 3.02. The molecule has 0 saturated carbocycles. The van der Waals surface area contributed by atoms with E-state index >= 15 is 0 Å². The highest BCUT2D eigenvalue weighted by atomic mass is 32.1. The van der Waals surface area contributed by atoms with E-state index in [4.69, 9.17) is 31.2 Å². The van der Waals surface area contributed by atoms with Crippen LogP contribution in [-0.4, -0.2) is 56.4 Å². The number of morpholine rings is 1. The van der Waals surface area contributed by atoms with Gasteiger partial charge >= 0.3 is 5.97 Å². The molecule has 2 aromatic carbocycles. The molecule has 6 nitrogen and oxygen atoms in total. The lowest BCUT2D eigenvalue weighted by Crippen LogP contribution is -2.40. The number of hydrogen-bond acceptors (Lipinski definition) is 6. The average molecular weight is 387 g/mol. The van der Waals surface area contributed by atoms with Crippen LogP contribution in [0.3, 0.4) is 0 Å². The molecule has 142 valence electrons. The fourth-order valence-corrected chi connectivity index (χ4v) is 3.08. The Balaban J connectivity index is 1.90. The third-order valence-electron chi connectivity index (χ3n) is 4.21. The van der Waals surface area contributed by atoms with Crippen LogP contribution in [0.4, 0.5) is 0 Å². The Morgan fingerprint density at radius 1 is 1.00 bits per heavy atom. The Morgan fingerprint density at radius 3 is 2.15 bits per heavy atom. The van der Waals surface area contributed by atoms with Crippen molar-refractivity contribution in [2.75, 3.05) is 40.5 Å². The van der Waals surface area contributed by atoms with Crippen LogP contribution in [0.1, 0.15) is 15.9 Å². The number of benzene rings is 2. The molecule has 0 unspecified atom stereocenters. The number of carbonyl (C=O) groups excluding carboxylic acids is 1. The molecular formula is C20H21NO5S. The van der Waals surface area contributed by atoms with Crippen molar-refractivity contribution in [3.63, 3.8) is 0 Å². The van der Waals surface area contributed by atoms with Gasteiger partial charge in [0.25, 0.3) is 0 Å². The molecule has 1 aliphatic heterocycles. The minimum absolute atomic E-state index is 0.224. The van der Waals surface area contributed by atoms with Gasteiger partial charge in [-0.15, -0.1) is 0 Å². The van der Waals surface area contributed by atoms with Crippen LogP contribution in [-0.2, 0) is 4.74 Å². The van der Waals surface area contributed by atoms with Crippen LogP contribution in [0.5, 0.6) is 17.2 Å². The molecule has 3 rings (SSSR count). The van der Waals surface area contributed by atoms with Gasteiger partial charge in [0.05, 0.1) is 33.0 Å². The first-order chi connectivity index (χ1) is 13.1. The normalized spacial score (nSPS) is 13.8. The molecule has 0 radical (unpaired) electrons. The average Bonchev–Trinajstić information content (AvgIpc) is 2.74. The summed E-state index contributed by atoms with van der Waals surface area (Å²) in [5.41, 5.74) is 1.20. The van der Waals surface area contributed by atoms with Crippen molar-refractivity contribution in [3.8, 4) is 17.2 Å². The molecule has 2 aromatic rings. The summed E-state index contributed by atoms with van der Waals surface area (Å²) in [5.74, 6) is 0.492. The SMILES string of the molecule is COc1cc(C(=S)N2CCOCC2)cc(OC)c1OC(=O)c1ccccc1. The van der Waals surface area contributed by atoms with E-state index in [1.807, 2.05) is 6.07 Å². The summed E-state index contributed by atoms with van der Waals surface area (Å²) in [6.45, 7) is 2.74. The molecule has 0 amide bonds. The summed E-state index contributed by atoms with van der Waals surface area (Å²) >= 11 is 5.61. The topological polar surface area (TPSA) is 57.2 Å². The van der Waals surface area contributed by atoms with Gasteiger partial charge in [0.2, 0.25) is 5.75 Å². The molecule has 0 bridgehead atoms. The summed E-state index contributed by atoms with van der Waals surface area (Å²) in [5, 5.41) is 0. The summed E-state index contributed by atoms with van der Waals surface area (Å²) in [6, 6.07) is 12.3. The van der Waals surface area contributed by atoms with Crippen LogP contribution in [0.25, 0.3) is 0 Å². The van der Waals surface area contributed by atoms with Gasteiger partial charge in [0.15, 0.2) is 11.5 Å². The third kappa shape index (κ3) is 4.37. The largest absolute Gasteiger partial charge is 0.493 e. The number of esters is 1. The van der Waals surface area contributed by atoms with Crippen LogP contribution >= 0.6 is 12.2 Å². The van der Waals surface area contributed by atoms with Crippen molar-refractivity contribution in [2.45, 2.75) is 0 Å². The molecule has 0 spiro atoms. The smallest absolute Gasteiger partial charge is 0.343 e. The van der Waals surface area contributed by atoms with E-state index in [0.717, 1.165) is 18.7 Å². The van der Waals surface area contributed by atoms with E-state index in [1.54, 1.807) is 36.4 Å². The zero-order valence-electron chi connectivity index (χ0n) is 15.3. The molecule has 1 aliphatic rings. The first-order valence-electron chi connectivity index (χ1n) is 8.54. The number of hydrogen-bond donors (Lipinski definition) is 0. The van der Waals surface area contributed by atoms with Gasteiger partial charge in [-0.1, -0.05) is 30.4 Å². The van der Waals surface area contributed by atoms with E-state index in [1.165, 1.54) is 14.2 Å². The Kier molecular flexibility index (Phi) is 6.26. The van der Waals surface area contributed by atoms with Crippen molar-refractivity contribution < 1.29 is 23.7 Å². The maximum absolute atomic E-state index is 12.4. The van der Waals surface area contributed by atoms with Crippen molar-refractivity contribution in [1.82, 2.24) is 4.90 Å². The van der Waals surface area contributed by atoms with Gasteiger partial charge in [-0.3, -0.25) is 0 Å². The Bertz CT molecular complexity index is 793. The number of nitrogens with zero attached hydrogens (tertiary/aromatic N) is 1. The maximum atomic E-state index is 12.4. The summed E-state index contributed by atoms with van der Waals surface area (Å²) in [4.78, 5) is 15.2. The zero-order chi connectivity index (χ0) is 19.2. The van der Waals surface area contributed by atoms with E-state index in [2.05, 4.69) is 4.90 Å². The second kappa shape index (κ2) is 8.83. The molecule has 1 fully saturated rings. The van der Waals surface area contributed by atoms with Crippen molar-refractivity contribution in [1.29, 1.82) is 0 Å². The van der Waals surface area contributed by atoms with Gasteiger partial charge in [-0.2, -0.15) is 0 Å². The minimum Gasteiger partial charge on any atom is -0.493 e. The Labute approximate surface area is 163 Å². The predicted molar refractivity (Wildman–Crippen MR) is 105 cm³/mol. The standard InChI is InChI=1S/C20H21NO5S/c1-23-16-12-15(19(27)21-8-10-25-11-9-21)13-17(24-2)18(16)26-20(22)14-6-4-3-5-7-14/h3-7,12-13H,8-11H2,1-2H3. The number of carbonyl (C=O) groups is 1. The second-order valence-electron chi connectivity index (χ2n) is 5.87. The van der Waals surface area contributed by atoms with Crippen molar-refractivity contribution in [2.24, 2.45) is 0 Å². The zero-order valence-corrected chi connectivity index (χ0v) is 16.1.